The summed E-state index contributed by atoms with van der Waals surface area (Å²) in [5.41, 5.74) is 2.38. The van der Waals surface area contributed by atoms with Crippen LogP contribution in [0.5, 0.6) is 5.75 Å². The SMILES string of the molecule is CCCCC#CCCCOc1cccc(CNC(=O)c2cc(C)nn2C)c1. The second-order valence-electron chi connectivity index (χ2n) is 6.53. The van der Waals surface area contributed by atoms with Gasteiger partial charge in [-0.1, -0.05) is 25.5 Å². The van der Waals surface area contributed by atoms with Gasteiger partial charge < -0.3 is 10.1 Å². The second kappa shape index (κ2) is 11.1. The molecule has 1 N–H and O–H groups in total. The van der Waals surface area contributed by atoms with E-state index in [0.29, 0.717) is 18.8 Å². The number of aryl methyl sites for hydroxylation is 2. The summed E-state index contributed by atoms with van der Waals surface area (Å²) in [5, 5.41) is 7.12. The standard InChI is InChI=1S/C22H29N3O2/c1-4-5-6-7-8-9-10-14-27-20-13-11-12-19(16-20)17-23-22(26)21-15-18(2)24-25(21)3/h11-13,15-16H,4-6,9-10,14,17H2,1-3H3,(H,23,26). The minimum Gasteiger partial charge on any atom is -0.494 e. The van der Waals surface area contributed by atoms with E-state index >= 15 is 0 Å². The van der Waals surface area contributed by atoms with Crippen molar-refractivity contribution in [2.45, 2.75) is 52.5 Å². The average Bonchev–Trinajstić information content (AvgIpc) is 3.00. The fraction of sp³-hybridized carbons (Fsp3) is 0.455. The molecular weight excluding hydrogens is 338 g/mol. The maximum atomic E-state index is 12.3. The van der Waals surface area contributed by atoms with E-state index in [2.05, 4.69) is 29.2 Å². The molecule has 0 aliphatic heterocycles. The Kier molecular flexibility index (Phi) is 8.44. The zero-order valence-electron chi connectivity index (χ0n) is 16.5. The van der Waals surface area contributed by atoms with E-state index in [1.54, 1.807) is 17.8 Å². The van der Waals surface area contributed by atoms with Gasteiger partial charge in [-0.3, -0.25) is 9.48 Å². The molecule has 0 unspecified atom stereocenters. The van der Waals surface area contributed by atoms with Crippen LogP contribution in [0.1, 0.15) is 60.8 Å². The number of unbranched alkanes of at least 4 members (excludes halogenated alkanes) is 3. The summed E-state index contributed by atoms with van der Waals surface area (Å²) in [6.07, 6.45) is 5.14. The highest BCUT2D eigenvalue weighted by atomic mass is 16.5. The third-order valence-corrected chi connectivity index (χ3v) is 4.08. The van der Waals surface area contributed by atoms with Gasteiger partial charge in [0.05, 0.1) is 12.3 Å². The van der Waals surface area contributed by atoms with Crippen LogP contribution in [0.3, 0.4) is 0 Å². The Labute approximate surface area is 162 Å². The quantitative estimate of drug-likeness (QED) is 0.538. The Bertz CT molecular complexity index is 799. The van der Waals surface area contributed by atoms with E-state index < -0.39 is 0 Å². The van der Waals surface area contributed by atoms with Crippen LogP contribution in [0.4, 0.5) is 0 Å². The van der Waals surface area contributed by atoms with Crippen LogP contribution < -0.4 is 10.1 Å². The van der Waals surface area contributed by atoms with Gasteiger partial charge in [0.1, 0.15) is 11.4 Å². The first-order chi connectivity index (χ1) is 13.1. The molecule has 0 radical (unpaired) electrons. The lowest BCUT2D eigenvalue weighted by atomic mass is 10.2. The number of hydrogen-bond donors (Lipinski definition) is 1. The molecule has 5 heteroatoms. The first-order valence-corrected chi connectivity index (χ1v) is 9.56. The van der Waals surface area contributed by atoms with Crippen LogP contribution in [0, 0.1) is 18.8 Å². The lowest BCUT2D eigenvalue weighted by molar-refractivity contribution is 0.0941. The number of carbonyl (C=O) groups is 1. The monoisotopic (exact) mass is 367 g/mol. The normalized spacial score (nSPS) is 10.2. The molecule has 0 aliphatic rings. The smallest absolute Gasteiger partial charge is 0.269 e. The number of amides is 1. The van der Waals surface area contributed by atoms with Crippen LogP contribution in [-0.2, 0) is 13.6 Å². The van der Waals surface area contributed by atoms with Crippen LogP contribution in [0.2, 0.25) is 0 Å². The number of hydrogen-bond acceptors (Lipinski definition) is 3. The van der Waals surface area contributed by atoms with Crippen molar-refractivity contribution in [2.75, 3.05) is 6.61 Å². The minimum absolute atomic E-state index is 0.133. The van der Waals surface area contributed by atoms with Gasteiger partial charge in [-0.05, 0) is 43.5 Å². The van der Waals surface area contributed by atoms with Crippen molar-refractivity contribution in [1.29, 1.82) is 0 Å². The van der Waals surface area contributed by atoms with Gasteiger partial charge in [-0.2, -0.15) is 5.10 Å². The van der Waals surface area contributed by atoms with Crippen LogP contribution in [0.25, 0.3) is 0 Å². The Morgan fingerprint density at radius 3 is 2.70 bits per heavy atom. The molecule has 0 saturated carbocycles. The molecule has 0 aliphatic carbocycles. The predicted molar refractivity (Wildman–Crippen MR) is 108 cm³/mol. The number of carbonyl (C=O) groups excluding carboxylic acids is 1. The van der Waals surface area contributed by atoms with E-state index in [1.165, 1.54) is 12.8 Å². The molecule has 0 bridgehead atoms. The van der Waals surface area contributed by atoms with E-state index in [4.69, 9.17) is 4.74 Å². The van der Waals surface area contributed by atoms with Crippen molar-refractivity contribution in [1.82, 2.24) is 15.1 Å². The van der Waals surface area contributed by atoms with Gasteiger partial charge in [-0.25, -0.2) is 0 Å². The van der Waals surface area contributed by atoms with Gasteiger partial charge in [-0.15, -0.1) is 11.8 Å². The fourth-order valence-corrected chi connectivity index (χ4v) is 2.63. The highest BCUT2D eigenvalue weighted by Gasteiger charge is 2.11. The molecule has 0 fully saturated rings. The lowest BCUT2D eigenvalue weighted by Gasteiger charge is -2.09. The number of nitrogens with one attached hydrogen (secondary N) is 1. The first-order valence-electron chi connectivity index (χ1n) is 9.56. The van der Waals surface area contributed by atoms with Crippen molar-refractivity contribution < 1.29 is 9.53 Å². The zero-order valence-corrected chi connectivity index (χ0v) is 16.5. The number of rotatable bonds is 9. The lowest BCUT2D eigenvalue weighted by Crippen LogP contribution is -2.25. The van der Waals surface area contributed by atoms with E-state index in [1.807, 2.05) is 31.2 Å². The average molecular weight is 367 g/mol. The van der Waals surface area contributed by atoms with Crippen molar-refractivity contribution in [3.05, 3.63) is 47.3 Å². The minimum atomic E-state index is -0.133. The van der Waals surface area contributed by atoms with E-state index in [9.17, 15) is 4.79 Å². The molecule has 1 amide bonds. The maximum absolute atomic E-state index is 12.3. The highest BCUT2D eigenvalue weighted by molar-refractivity contribution is 5.92. The summed E-state index contributed by atoms with van der Waals surface area (Å²) in [5.74, 6) is 7.06. The number of nitrogens with zero attached hydrogens (tertiary/aromatic N) is 2. The van der Waals surface area contributed by atoms with Crippen LogP contribution in [0.15, 0.2) is 30.3 Å². The molecule has 1 aromatic carbocycles. The van der Waals surface area contributed by atoms with Crippen molar-refractivity contribution in [3.8, 4) is 17.6 Å². The third-order valence-electron chi connectivity index (χ3n) is 4.08. The van der Waals surface area contributed by atoms with E-state index in [0.717, 1.165) is 36.3 Å². The van der Waals surface area contributed by atoms with Gasteiger partial charge in [0, 0.05) is 26.4 Å². The molecule has 0 atom stereocenters. The Morgan fingerprint density at radius 1 is 1.22 bits per heavy atom. The van der Waals surface area contributed by atoms with Gasteiger partial charge in [0.25, 0.3) is 5.91 Å². The summed E-state index contributed by atoms with van der Waals surface area (Å²) >= 11 is 0. The molecule has 0 spiro atoms. The van der Waals surface area contributed by atoms with Crippen molar-refractivity contribution in [3.63, 3.8) is 0 Å². The van der Waals surface area contributed by atoms with Crippen LogP contribution in [-0.4, -0.2) is 22.3 Å². The Balaban J connectivity index is 1.75. The predicted octanol–water partition coefficient (Wildman–Crippen LogP) is 4.01. The molecule has 1 heterocycles. The molecule has 144 valence electrons. The molecule has 1 aromatic heterocycles. The summed E-state index contributed by atoms with van der Waals surface area (Å²) in [6, 6.07) is 9.58. The zero-order chi connectivity index (χ0) is 19.5. The molecular formula is C22H29N3O2. The summed E-state index contributed by atoms with van der Waals surface area (Å²) < 4.78 is 7.39. The van der Waals surface area contributed by atoms with Gasteiger partial charge in [0.15, 0.2) is 0 Å². The maximum Gasteiger partial charge on any atom is 0.269 e. The number of benzene rings is 1. The van der Waals surface area contributed by atoms with Gasteiger partial charge in [0.2, 0.25) is 0 Å². The summed E-state index contributed by atoms with van der Waals surface area (Å²) in [6.45, 7) is 5.14. The summed E-state index contributed by atoms with van der Waals surface area (Å²) in [7, 11) is 1.77. The Hall–Kier alpha value is -2.74. The molecule has 27 heavy (non-hydrogen) atoms. The van der Waals surface area contributed by atoms with Gasteiger partial charge >= 0.3 is 0 Å². The van der Waals surface area contributed by atoms with Crippen molar-refractivity contribution in [2.24, 2.45) is 7.05 Å². The fourth-order valence-electron chi connectivity index (χ4n) is 2.63. The molecule has 2 aromatic rings. The summed E-state index contributed by atoms with van der Waals surface area (Å²) in [4.78, 5) is 12.3. The van der Waals surface area contributed by atoms with E-state index in [-0.39, 0.29) is 5.91 Å². The largest absolute Gasteiger partial charge is 0.494 e. The number of aromatic nitrogens is 2. The second-order valence-corrected chi connectivity index (χ2v) is 6.53. The topological polar surface area (TPSA) is 56.1 Å². The molecule has 0 saturated heterocycles. The van der Waals surface area contributed by atoms with Crippen molar-refractivity contribution >= 4 is 5.91 Å². The molecule has 5 nitrogen and oxygen atoms in total. The number of ether oxygens (including phenoxy) is 1. The van der Waals surface area contributed by atoms with Crippen LogP contribution >= 0.6 is 0 Å². The third kappa shape index (κ3) is 7.18. The first kappa shape index (κ1) is 20.6. The Morgan fingerprint density at radius 2 is 2.00 bits per heavy atom. The molecule has 2 rings (SSSR count). The highest BCUT2D eigenvalue weighted by Crippen LogP contribution is 2.14.